The number of rotatable bonds is 6. The molecule has 1 amide bonds. The van der Waals surface area contributed by atoms with Gasteiger partial charge in [0.25, 0.3) is 0 Å². The minimum absolute atomic E-state index is 0.0156. The Morgan fingerprint density at radius 3 is 2.11 bits per heavy atom. The molecule has 0 saturated heterocycles. The van der Waals surface area contributed by atoms with Crippen LogP contribution in [0.4, 0.5) is 26.3 Å². The Morgan fingerprint density at radius 1 is 0.889 bits per heavy atom. The highest BCUT2D eigenvalue weighted by Gasteiger charge is 2.31. The first-order valence-corrected chi connectivity index (χ1v) is 7.78. The molecule has 0 atom stereocenters. The van der Waals surface area contributed by atoms with Crippen molar-refractivity contribution in [2.24, 2.45) is 0 Å². The largest absolute Gasteiger partial charge is 0.492 e. The van der Waals surface area contributed by atoms with Crippen LogP contribution in [0.2, 0.25) is 0 Å². The van der Waals surface area contributed by atoms with E-state index in [-0.39, 0.29) is 25.3 Å². The molecule has 3 nitrogen and oxygen atoms in total. The third-order valence-electron chi connectivity index (χ3n) is 3.50. The van der Waals surface area contributed by atoms with Crippen LogP contribution >= 0.6 is 0 Å². The van der Waals surface area contributed by atoms with E-state index in [1.54, 1.807) is 0 Å². The second-order valence-electron chi connectivity index (χ2n) is 5.60. The van der Waals surface area contributed by atoms with Gasteiger partial charge in [0.1, 0.15) is 12.4 Å². The third kappa shape index (κ3) is 6.50. The van der Waals surface area contributed by atoms with Gasteiger partial charge in [-0.1, -0.05) is 18.2 Å². The molecule has 0 aliphatic carbocycles. The fourth-order valence-corrected chi connectivity index (χ4v) is 2.18. The van der Waals surface area contributed by atoms with E-state index in [2.05, 4.69) is 5.32 Å². The van der Waals surface area contributed by atoms with E-state index in [9.17, 15) is 31.1 Å². The van der Waals surface area contributed by atoms with Crippen molar-refractivity contribution < 1.29 is 35.9 Å². The number of nitrogens with one attached hydrogen (secondary N) is 1. The predicted molar refractivity (Wildman–Crippen MR) is 85.1 cm³/mol. The Morgan fingerprint density at radius 2 is 1.52 bits per heavy atom. The lowest BCUT2D eigenvalue weighted by atomic mass is 10.1. The molecule has 0 heterocycles. The Labute approximate surface area is 150 Å². The molecule has 0 fully saturated rings. The number of alkyl halides is 6. The molecule has 146 valence electrons. The van der Waals surface area contributed by atoms with Crippen LogP contribution in [0.25, 0.3) is 0 Å². The molecule has 2 aromatic rings. The van der Waals surface area contributed by atoms with Crippen molar-refractivity contribution in [3.8, 4) is 5.75 Å². The number of carbonyl (C=O) groups excluding carboxylic acids is 1. The van der Waals surface area contributed by atoms with E-state index in [0.717, 1.165) is 24.3 Å². The van der Waals surface area contributed by atoms with Crippen molar-refractivity contribution in [2.45, 2.75) is 18.8 Å². The maximum atomic E-state index is 12.6. The minimum atomic E-state index is -4.48. The fraction of sp³-hybridized carbons (Fsp3) is 0.278. The molecule has 0 saturated carbocycles. The van der Waals surface area contributed by atoms with Crippen molar-refractivity contribution in [1.82, 2.24) is 5.32 Å². The zero-order chi connectivity index (χ0) is 20.1. The topological polar surface area (TPSA) is 38.3 Å². The monoisotopic (exact) mass is 391 g/mol. The molecule has 2 rings (SSSR count). The van der Waals surface area contributed by atoms with Gasteiger partial charge < -0.3 is 10.1 Å². The summed E-state index contributed by atoms with van der Waals surface area (Å²) >= 11 is 0. The van der Waals surface area contributed by atoms with Crippen molar-refractivity contribution in [2.75, 3.05) is 13.2 Å². The highest BCUT2D eigenvalue weighted by molar-refractivity contribution is 5.78. The first-order chi connectivity index (χ1) is 12.6. The average molecular weight is 391 g/mol. The molecule has 0 aliphatic heterocycles. The summed E-state index contributed by atoms with van der Waals surface area (Å²) in [5.41, 5.74) is -1.24. The summed E-state index contributed by atoms with van der Waals surface area (Å²) in [6.07, 6.45) is -9.04. The maximum Gasteiger partial charge on any atom is 0.416 e. The molecular formula is C18H15F6NO2. The van der Waals surface area contributed by atoms with E-state index in [1.807, 2.05) is 0 Å². The summed E-state index contributed by atoms with van der Waals surface area (Å²) in [4.78, 5) is 11.8. The number of ether oxygens (including phenoxy) is 1. The van der Waals surface area contributed by atoms with Gasteiger partial charge in [-0.25, -0.2) is 0 Å². The Kier molecular flexibility index (Phi) is 6.35. The van der Waals surface area contributed by atoms with Gasteiger partial charge in [0.2, 0.25) is 5.91 Å². The lowest BCUT2D eigenvalue weighted by molar-refractivity contribution is -0.138. The Balaban J connectivity index is 1.77. The number of halogens is 6. The van der Waals surface area contributed by atoms with Crippen LogP contribution in [0.1, 0.15) is 16.7 Å². The van der Waals surface area contributed by atoms with Crippen molar-refractivity contribution in [1.29, 1.82) is 0 Å². The molecule has 0 radical (unpaired) electrons. The molecule has 0 aromatic heterocycles. The van der Waals surface area contributed by atoms with Crippen molar-refractivity contribution in [3.05, 3.63) is 65.2 Å². The van der Waals surface area contributed by atoms with E-state index in [0.29, 0.717) is 5.56 Å². The van der Waals surface area contributed by atoms with Crippen LogP contribution in [0.3, 0.4) is 0 Å². The molecule has 0 unspecified atom stereocenters. The van der Waals surface area contributed by atoms with Crippen LogP contribution in [-0.4, -0.2) is 19.1 Å². The van der Waals surface area contributed by atoms with Crippen LogP contribution in [0.5, 0.6) is 5.75 Å². The zero-order valence-electron chi connectivity index (χ0n) is 13.8. The Hall–Kier alpha value is -2.71. The molecule has 0 spiro atoms. The predicted octanol–water partition coefficient (Wildman–Crippen LogP) is 4.46. The molecular weight excluding hydrogens is 376 g/mol. The quantitative estimate of drug-likeness (QED) is 0.583. The molecule has 27 heavy (non-hydrogen) atoms. The highest BCUT2D eigenvalue weighted by Crippen LogP contribution is 2.31. The summed E-state index contributed by atoms with van der Waals surface area (Å²) in [5, 5.41) is 2.48. The Bertz CT molecular complexity index is 769. The lowest BCUT2D eigenvalue weighted by Gasteiger charge is -2.11. The zero-order valence-corrected chi connectivity index (χ0v) is 13.8. The average Bonchev–Trinajstić information content (AvgIpc) is 2.58. The van der Waals surface area contributed by atoms with Gasteiger partial charge in [0, 0.05) is 0 Å². The molecule has 9 heteroatoms. The minimum Gasteiger partial charge on any atom is -0.492 e. The van der Waals surface area contributed by atoms with Gasteiger partial charge in [0.05, 0.1) is 24.1 Å². The van der Waals surface area contributed by atoms with Crippen LogP contribution < -0.4 is 10.1 Å². The van der Waals surface area contributed by atoms with Crippen molar-refractivity contribution >= 4 is 5.91 Å². The number of carbonyl (C=O) groups is 1. The van der Waals surface area contributed by atoms with E-state index < -0.39 is 29.4 Å². The second kappa shape index (κ2) is 8.32. The molecule has 0 aliphatic rings. The van der Waals surface area contributed by atoms with Crippen molar-refractivity contribution in [3.63, 3.8) is 0 Å². The smallest absolute Gasteiger partial charge is 0.416 e. The number of hydrogen-bond acceptors (Lipinski definition) is 2. The van der Waals surface area contributed by atoms with Crippen LogP contribution in [0.15, 0.2) is 48.5 Å². The summed E-state index contributed by atoms with van der Waals surface area (Å²) in [6, 6.07) is 8.53. The van der Waals surface area contributed by atoms with E-state index in [1.165, 1.54) is 24.3 Å². The lowest BCUT2D eigenvalue weighted by Crippen LogP contribution is -2.29. The van der Waals surface area contributed by atoms with Gasteiger partial charge in [-0.15, -0.1) is 0 Å². The van der Waals surface area contributed by atoms with Crippen LogP contribution in [0, 0.1) is 0 Å². The summed E-state index contributed by atoms with van der Waals surface area (Å²) in [5.74, 6) is -0.427. The standard InChI is InChI=1S/C18H15F6NO2/c19-17(20,21)13-6-4-12(5-7-13)10-16(26)25-8-9-27-15-3-1-2-14(11-15)18(22,23)24/h1-7,11H,8-10H2,(H,25,26). The summed E-state index contributed by atoms with van der Waals surface area (Å²) < 4.78 is 80.3. The van der Waals surface area contributed by atoms with E-state index >= 15 is 0 Å². The molecule has 0 bridgehead atoms. The second-order valence-corrected chi connectivity index (χ2v) is 5.60. The summed E-state index contributed by atoms with van der Waals surface area (Å²) in [6.45, 7) is -0.0181. The number of amides is 1. The SMILES string of the molecule is O=C(Cc1ccc(C(F)(F)F)cc1)NCCOc1cccc(C(F)(F)F)c1. The van der Waals surface area contributed by atoms with Gasteiger partial charge >= 0.3 is 12.4 Å². The first kappa shape index (κ1) is 20.6. The maximum absolute atomic E-state index is 12.6. The molecule has 1 N–H and O–H groups in total. The van der Waals surface area contributed by atoms with Gasteiger partial charge in [-0.3, -0.25) is 4.79 Å². The molecule has 2 aromatic carbocycles. The third-order valence-corrected chi connectivity index (χ3v) is 3.50. The normalized spacial score (nSPS) is 11.9. The first-order valence-electron chi connectivity index (χ1n) is 7.78. The highest BCUT2D eigenvalue weighted by atomic mass is 19.4. The number of benzene rings is 2. The summed E-state index contributed by atoms with van der Waals surface area (Å²) in [7, 11) is 0. The van der Waals surface area contributed by atoms with Gasteiger partial charge in [-0.2, -0.15) is 26.3 Å². The fourth-order valence-electron chi connectivity index (χ4n) is 2.18. The van der Waals surface area contributed by atoms with Crippen LogP contribution in [-0.2, 0) is 23.6 Å². The van der Waals surface area contributed by atoms with E-state index in [4.69, 9.17) is 4.74 Å². The number of hydrogen-bond donors (Lipinski definition) is 1. The van der Waals surface area contributed by atoms with Gasteiger partial charge in [0.15, 0.2) is 0 Å². The van der Waals surface area contributed by atoms with Gasteiger partial charge in [-0.05, 0) is 35.9 Å².